The standard InChI is InChI=1S/C12H16N4S/c1-16-6-5-14-12(16)11(15-13)10-7-8-3-2-4-9(8)17-10/h5-7,11,15H,2-4,13H2,1H3. The molecule has 1 aliphatic carbocycles. The van der Waals surface area contributed by atoms with E-state index in [1.54, 1.807) is 6.20 Å². The third kappa shape index (κ3) is 1.80. The lowest BCUT2D eigenvalue weighted by atomic mass is 10.2. The van der Waals surface area contributed by atoms with Gasteiger partial charge < -0.3 is 4.57 Å². The Labute approximate surface area is 104 Å². The van der Waals surface area contributed by atoms with Crippen LogP contribution in [-0.4, -0.2) is 9.55 Å². The number of nitrogens with two attached hydrogens (primary N) is 1. The molecular weight excluding hydrogens is 232 g/mol. The van der Waals surface area contributed by atoms with E-state index >= 15 is 0 Å². The van der Waals surface area contributed by atoms with E-state index in [-0.39, 0.29) is 6.04 Å². The van der Waals surface area contributed by atoms with Gasteiger partial charge >= 0.3 is 0 Å². The van der Waals surface area contributed by atoms with Crippen molar-refractivity contribution in [3.8, 4) is 0 Å². The van der Waals surface area contributed by atoms with Gasteiger partial charge in [0.05, 0.1) is 0 Å². The van der Waals surface area contributed by atoms with E-state index in [4.69, 9.17) is 5.84 Å². The molecule has 17 heavy (non-hydrogen) atoms. The first-order valence-corrected chi connectivity index (χ1v) is 6.66. The average Bonchev–Trinajstić information content (AvgIpc) is 2.96. The first-order valence-electron chi connectivity index (χ1n) is 5.84. The van der Waals surface area contributed by atoms with Gasteiger partial charge in [-0.3, -0.25) is 5.84 Å². The molecule has 1 atom stereocenters. The molecule has 0 saturated heterocycles. The molecule has 0 saturated carbocycles. The van der Waals surface area contributed by atoms with Crippen molar-refractivity contribution < 1.29 is 0 Å². The molecule has 0 spiro atoms. The van der Waals surface area contributed by atoms with Crippen LogP contribution in [0.2, 0.25) is 0 Å². The molecule has 1 unspecified atom stereocenters. The lowest BCUT2D eigenvalue weighted by Gasteiger charge is -2.14. The highest BCUT2D eigenvalue weighted by Gasteiger charge is 2.22. The van der Waals surface area contributed by atoms with Gasteiger partial charge in [-0.2, -0.15) is 0 Å². The zero-order chi connectivity index (χ0) is 11.8. The first kappa shape index (κ1) is 11.0. The SMILES string of the molecule is Cn1ccnc1C(NN)c1cc2c(s1)CCC2. The number of rotatable bonds is 3. The quantitative estimate of drug-likeness (QED) is 0.639. The van der Waals surface area contributed by atoms with Gasteiger partial charge in [-0.15, -0.1) is 11.3 Å². The molecule has 0 fully saturated rings. The minimum atomic E-state index is 0.00519. The zero-order valence-electron chi connectivity index (χ0n) is 9.81. The maximum Gasteiger partial charge on any atom is 0.132 e. The number of nitrogens with zero attached hydrogens (tertiary/aromatic N) is 2. The fourth-order valence-electron chi connectivity index (χ4n) is 2.43. The third-order valence-electron chi connectivity index (χ3n) is 3.33. The largest absolute Gasteiger partial charge is 0.336 e. The van der Waals surface area contributed by atoms with Crippen LogP contribution in [0, 0.1) is 0 Å². The van der Waals surface area contributed by atoms with Crippen molar-refractivity contribution in [3.63, 3.8) is 0 Å². The minimum absolute atomic E-state index is 0.00519. The Bertz CT molecular complexity index is 507. The Morgan fingerprint density at radius 3 is 3.06 bits per heavy atom. The van der Waals surface area contributed by atoms with Crippen LogP contribution < -0.4 is 11.3 Å². The summed E-state index contributed by atoms with van der Waals surface area (Å²) in [6.07, 6.45) is 7.48. The second-order valence-corrected chi connectivity index (χ2v) is 5.62. The van der Waals surface area contributed by atoms with Crippen LogP contribution in [0.1, 0.15) is 33.6 Å². The van der Waals surface area contributed by atoms with E-state index in [0.29, 0.717) is 0 Å². The predicted octanol–water partition coefficient (Wildman–Crippen LogP) is 1.52. The van der Waals surface area contributed by atoms with Crippen molar-refractivity contribution in [2.45, 2.75) is 25.3 Å². The Balaban J connectivity index is 1.97. The molecule has 1 aliphatic rings. The van der Waals surface area contributed by atoms with E-state index in [9.17, 15) is 0 Å². The Morgan fingerprint density at radius 1 is 1.53 bits per heavy atom. The summed E-state index contributed by atoms with van der Waals surface area (Å²) in [6, 6.07) is 2.29. The van der Waals surface area contributed by atoms with Crippen molar-refractivity contribution >= 4 is 11.3 Å². The molecule has 2 heterocycles. The summed E-state index contributed by atoms with van der Waals surface area (Å²) in [5.41, 5.74) is 4.38. The minimum Gasteiger partial charge on any atom is -0.336 e. The lowest BCUT2D eigenvalue weighted by molar-refractivity contribution is 0.587. The highest BCUT2D eigenvalue weighted by molar-refractivity contribution is 7.12. The number of fused-ring (bicyclic) bond motifs is 1. The number of imidazole rings is 1. The van der Waals surface area contributed by atoms with Gasteiger partial charge in [0.25, 0.3) is 0 Å². The molecular formula is C12H16N4S. The lowest BCUT2D eigenvalue weighted by Crippen LogP contribution is -2.30. The monoisotopic (exact) mass is 248 g/mol. The van der Waals surface area contributed by atoms with Gasteiger partial charge in [0.15, 0.2) is 0 Å². The summed E-state index contributed by atoms with van der Waals surface area (Å²) < 4.78 is 2.01. The second-order valence-electron chi connectivity index (χ2n) is 4.45. The number of aryl methyl sites for hydroxylation is 3. The van der Waals surface area contributed by atoms with E-state index < -0.39 is 0 Å². The number of thiophene rings is 1. The molecule has 90 valence electrons. The third-order valence-corrected chi connectivity index (χ3v) is 4.64. The number of aromatic nitrogens is 2. The summed E-state index contributed by atoms with van der Waals surface area (Å²) in [7, 11) is 1.99. The highest BCUT2D eigenvalue weighted by atomic mass is 32.1. The molecule has 0 aliphatic heterocycles. The van der Waals surface area contributed by atoms with Crippen molar-refractivity contribution in [2.24, 2.45) is 12.9 Å². The van der Waals surface area contributed by atoms with Gasteiger partial charge in [0.1, 0.15) is 11.9 Å². The average molecular weight is 248 g/mol. The fraction of sp³-hybridized carbons (Fsp3) is 0.417. The van der Waals surface area contributed by atoms with Crippen LogP contribution in [0.5, 0.6) is 0 Å². The molecule has 4 nitrogen and oxygen atoms in total. The summed E-state index contributed by atoms with van der Waals surface area (Å²) in [5, 5.41) is 0. The van der Waals surface area contributed by atoms with Crippen molar-refractivity contribution in [3.05, 3.63) is 39.6 Å². The van der Waals surface area contributed by atoms with E-state index in [1.807, 2.05) is 29.1 Å². The van der Waals surface area contributed by atoms with Crippen LogP contribution in [0.25, 0.3) is 0 Å². The van der Waals surface area contributed by atoms with E-state index in [0.717, 1.165) is 5.82 Å². The van der Waals surface area contributed by atoms with Crippen LogP contribution >= 0.6 is 11.3 Å². The number of nitrogens with one attached hydrogen (secondary N) is 1. The van der Waals surface area contributed by atoms with Gasteiger partial charge in [0, 0.05) is 29.2 Å². The molecule has 2 aromatic rings. The predicted molar refractivity (Wildman–Crippen MR) is 68.7 cm³/mol. The van der Waals surface area contributed by atoms with Crippen LogP contribution in [0.4, 0.5) is 0 Å². The number of hydrazine groups is 1. The fourth-order valence-corrected chi connectivity index (χ4v) is 3.75. The van der Waals surface area contributed by atoms with Gasteiger partial charge in [-0.05, 0) is 30.9 Å². The Kier molecular flexibility index (Phi) is 2.74. The highest BCUT2D eigenvalue weighted by Crippen LogP contribution is 2.35. The smallest absolute Gasteiger partial charge is 0.132 e. The molecule has 0 bridgehead atoms. The van der Waals surface area contributed by atoms with Crippen molar-refractivity contribution in [1.29, 1.82) is 0 Å². The van der Waals surface area contributed by atoms with Gasteiger partial charge in [-0.25, -0.2) is 10.4 Å². The molecule has 3 N–H and O–H groups in total. The normalized spacial score (nSPS) is 16.1. The molecule has 5 heteroatoms. The van der Waals surface area contributed by atoms with Gasteiger partial charge in [0.2, 0.25) is 0 Å². The summed E-state index contributed by atoms with van der Waals surface area (Å²) in [4.78, 5) is 7.17. The first-order chi connectivity index (χ1) is 8.29. The molecule has 2 aromatic heterocycles. The molecule has 0 radical (unpaired) electrons. The molecule has 0 amide bonds. The number of hydrogen-bond acceptors (Lipinski definition) is 4. The summed E-state index contributed by atoms with van der Waals surface area (Å²) >= 11 is 1.87. The van der Waals surface area contributed by atoms with Crippen LogP contribution in [0.15, 0.2) is 18.5 Å². The van der Waals surface area contributed by atoms with E-state index in [1.165, 1.54) is 34.6 Å². The summed E-state index contributed by atoms with van der Waals surface area (Å²) in [6.45, 7) is 0. The number of hydrogen-bond donors (Lipinski definition) is 2. The second kappa shape index (κ2) is 4.25. The van der Waals surface area contributed by atoms with Crippen molar-refractivity contribution in [2.75, 3.05) is 0 Å². The zero-order valence-corrected chi connectivity index (χ0v) is 10.6. The Morgan fingerprint density at radius 2 is 2.41 bits per heavy atom. The summed E-state index contributed by atoms with van der Waals surface area (Å²) in [5.74, 6) is 6.65. The van der Waals surface area contributed by atoms with Crippen LogP contribution in [-0.2, 0) is 19.9 Å². The van der Waals surface area contributed by atoms with Crippen LogP contribution in [0.3, 0.4) is 0 Å². The Hall–Kier alpha value is -1.17. The van der Waals surface area contributed by atoms with E-state index in [2.05, 4.69) is 16.5 Å². The topological polar surface area (TPSA) is 55.9 Å². The maximum absolute atomic E-state index is 5.69. The molecule has 0 aromatic carbocycles. The molecule has 3 rings (SSSR count). The van der Waals surface area contributed by atoms with Gasteiger partial charge in [-0.1, -0.05) is 0 Å². The van der Waals surface area contributed by atoms with Crippen molar-refractivity contribution in [1.82, 2.24) is 15.0 Å². The maximum atomic E-state index is 5.69.